The van der Waals surface area contributed by atoms with E-state index in [-0.39, 0.29) is 18.0 Å². The number of allylic oxidation sites excluding steroid dienone is 2. The first-order valence-corrected chi connectivity index (χ1v) is 7.75. The van der Waals surface area contributed by atoms with E-state index in [9.17, 15) is 14.7 Å². The highest BCUT2D eigenvalue weighted by Gasteiger charge is 2.51. The number of Topliss-reactive ketones (excluding diaryl/α,β-unsaturated/α-hetero) is 1. The van der Waals surface area contributed by atoms with Gasteiger partial charge in [0.15, 0.2) is 23.1 Å². The molecule has 1 aromatic rings. The molecule has 0 heterocycles. The first kappa shape index (κ1) is 16.5. The second-order valence-corrected chi connectivity index (χ2v) is 6.03. The molecule has 6 heteroatoms. The van der Waals surface area contributed by atoms with Gasteiger partial charge >= 0.3 is 0 Å². The molecule has 1 fully saturated rings. The van der Waals surface area contributed by atoms with E-state index >= 15 is 0 Å². The Labute approximate surface area is 140 Å². The molecule has 0 aromatic heterocycles. The number of fused-ring (bicyclic) bond motifs is 2. The molecule has 2 bridgehead atoms. The van der Waals surface area contributed by atoms with Gasteiger partial charge in [0.25, 0.3) is 0 Å². The molecule has 3 rings (SSSR count). The Morgan fingerprint density at radius 2 is 1.75 bits per heavy atom. The lowest BCUT2D eigenvalue weighted by atomic mass is 9.64. The summed E-state index contributed by atoms with van der Waals surface area (Å²) in [7, 11) is 4.50. The zero-order chi connectivity index (χ0) is 17.4. The van der Waals surface area contributed by atoms with Crippen LogP contribution in [-0.4, -0.2) is 44.1 Å². The number of carbonyl (C=O) groups excluding carboxylic acids is 2. The molecule has 0 radical (unpaired) electrons. The van der Waals surface area contributed by atoms with Gasteiger partial charge in [0.2, 0.25) is 0 Å². The number of rotatable bonds is 4. The van der Waals surface area contributed by atoms with Crippen LogP contribution in [0.25, 0.3) is 0 Å². The Balaban J connectivity index is 2.08. The van der Waals surface area contributed by atoms with Gasteiger partial charge in [-0.1, -0.05) is 6.07 Å². The summed E-state index contributed by atoms with van der Waals surface area (Å²) in [5.74, 6) is -1.03. The van der Waals surface area contributed by atoms with Crippen LogP contribution >= 0.6 is 0 Å². The minimum absolute atomic E-state index is 0.126. The van der Waals surface area contributed by atoms with Crippen molar-refractivity contribution < 1.29 is 28.9 Å². The van der Waals surface area contributed by atoms with Crippen LogP contribution in [0.15, 0.2) is 30.0 Å². The van der Waals surface area contributed by atoms with Crippen LogP contribution in [0.4, 0.5) is 0 Å². The third-order valence-electron chi connectivity index (χ3n) is 4.86. The predicted octanol–water partition coefficient (Wildman–Crippen LogP) is 1.47. The van der Waals surface area contributed by atoms with E-state index in [2.05, 4.69) is 0 Å². The highest BCUT2D eigenvalue weighted by molar-refractivity contribution is 6.12. The van der Waals surface area contributed by atoms with Crippen LogP contribution in [0, 0.1) is 11.8 Å². The Morgan fingerprint density at radius 1 is 1.04 bits per heavy atom. The van der Waals surface area contributed by atoms with Crippen LogP contribution in [0.1, 0.15) is 17.9 Å². The number of methoxy groups -OCH3 is 3. The first-order chi connectivity index (χ1) is 11.5. The van der Waals surface area contributed by atoms with E-state index in [0.29, 0.717) is 17.3 Å². The van der Waals surface area contributed by atoms with Gasteiger partial charge in [0, 0.05) is 12.0 Å². The molecule has 0 amide bonds. The molecular weight excluding hydrogens is 312 g/mol. The largest absolute Gasteiger partial charge is 0.500 e. The molecule has 1 N–H and O–H groups in total. The van der Waals surface area contributed by atoms with Crippen LogP contribution in [-0.2, 0) is 14.3 Å². The van der Waals surface area contributed by atoms with Crippen LogP contribution in [0.2, 0.25) is 0 Å². The molecule has 6 nitrogen and oxygen atoms in total. The number of benzene rings is 1. The van der Waals surface area contributed by atoms with Crippen molar-refractivity contribution in [2.24, 2.45) is 11.8 Å². The van der Waals surface area contributed by atoms with Crippen LogP contribution in [0.5, 0.6) is 11.5 Å². The summed E-state index contributed by atoms with van der Waals surface area (Å²) >= 11 is 0. The summed E-state index contributed by atoms with van der Waals surface area (Å²) in [6.07, 6.45) is 0.690. The maximum atomic E-state index is 12.7. The molecular formula is C18H20O6. The van der Waals surface area contributed by atoms with Crippen molar-refractivity contribution >= 4 is 11.6 Å². The fourth-order valence-corrected chi connectivity index (χ4v) is 3.68. The van der Waals surface area contributed by atoms with Gasteiger partial charge in [-0.2, -0.15) is 0 Å². The maximum Gasteiger partial charge on any atom is 0.169 e. The SMILES string of the molecule is COC1=CC(=O)[C@@H]2C[C@H](O)[C@@H](c3ccc(OC)c(OC)c3)[C@H]1C2=O. The van der Waals surface area contributed by atoms with Gasteiger partial charge in [-0.15, -0.1) is 0 Å². The van der Waals surface area contributed by atoms with E-state index in [0.717, 1.165) is 5.56 Å². The number of ether oxygens (including phenoxy) is 3. The Kier molecular flexibility index (Phi) is 4.32. The zero-order valence-corrected chi connectivity index (χ0v) is 13.8. The number of ketones is 2. The topological polar surface area (TPSA) is 82.1 Å². The Morgan fingerprint density at radius 3 is 2.38 bits per heavy atom. The standard InChI is InChI=1S/C18H20O6/c1-22-13-5-4-9(6-14(13)23-2)16-12(20)7-10-11(19)8-15(24-3)17(16)18(10)21/h4-6,8,10,12,16-17,20H,7H2,1-3H3/t10-,12-,16+,17-/m0/s1. The van der Waals surface area contributed by atoms with Crippen molar-refractivity contribution in [1.82, 2.24) is 0 Å². The van der Waals surface area contributed by atoms with Gasteiger partial charge in [0.05, 0.1) is 39.3 Å². The average Bonchev–Trinajstić information content (AvgIpc) is 2.59. The highest BCUT2D eigenvalue weighted by atomic mass is 16.5. The van der Waals surface area contributed by atoms with E-state index in [1.807, 2.05) is 0 Å². The fraction of sp³-hybridized carbons (Fsp3) is 0.444. The Bertz CT molecular complexity index is 707. The lowest BCUT2D eigenvalue weighted by molar-refractivity contribution is -0.141. The minimum Gasteiger partial charge on any atom is -0.500 e. The normalized spacial score (nSPS) is 29.1. The lowest BCUT2D eigenvalue weighted by Gasteiger charge is -2.41. The minimum atomic E-state index is -0.821. The van der Waals surface area contributed by atoms with E-state index in [1.165, 1.54) is 20.3 Å². The van der Waals surface area contributed by atoms with Gasteiger partial charge in [-0.05, 0) is 24.1 Å². The predicted molar refractivity (Wildman–Crippen MR) is 85.0 cm³/mol. The molecule has 0 unspecified atom stereocenters. The van der Waals surface area contributed by atoms with Gasteiger partial charge in [-0.25, -0.2) is 0 Å². The second-order valence-electron chi connectivity index (χ2n) is 6.03. The monoisotopic (exact) mass is 332 g/mol. The van der Waals surface area contributed by atoms with Gasteiger partial charge < -0.3 is 19.3 Å². The van der Waals surface area contributed by atoms with Crippen molar-refractivity contribution in [1.29, 1.82) is 0 Å². The third kappa shape index (κ3) is 2.47. The van der Waals surface area contributed by atoms with Gasteiger partial charge in [0.1, 0.15) is 5.76 Å². The number of aliphatic hydroxyl groups excluding tert-OH is 1. The summed E-state index contributed by atoms with van der Waals surface area (Å²) < 4.78 is 15.8. The highest BCUT2D eigenvalue weighted by Crippen LogP contribution is 2.46. The number of aliphatic hydroxyl groups is 1. The average molecular weight is 332 g/mol. The van der Waals surface area contributed by atoms with Crippen molar-refractivity contribution in [2.75, 3.05) is 21.3 Å². The third-order valence-corrected chi connectivity index (χ3v) is 4.86. The van der Waals surface area contributed by atoms with Crippen molar-refractivity contribution in [3.05, 3.63) is 35.6 Å². The molecule has 2 aliphatic rings. The molecule has 2 aliphatic carbocycles. The van der Waals surface area contributed by atoms with E-state index in [4.69, 9.17) is 14.2 Å². The molecule has 24 heavy (non-hydrogen) atoms. The lowest BCUT2D eigenvalue weighted by Crippen LogP contribution is -2.48. The summed E-state index contributed by atoms with van der Waals surface area (Å²) in [4.78, 5) is 24.7. The molecule has 0 spiro atoms. The number of carbonyl (C=O) groups is 2. The van der Waals surface area contributed by atoms with Gasteiger partial charge in [-0.3, -0.25) is 9.59 Å². The fourth-order valence-electron chi connectivity index (χ4n) is 3.68. The maximum absolute atomic E-state index is 12.7. The van der Waals surface area contributed by atoms with Crippen LogP contribution in [0.3, 0.4) is 0 Å². The quantitative estimate of drug-likeness (QED) is 0.841. The second kappa shape index (κ2) is 6.28. The summed E-state index contributed by atoms with van der Waals surface area (Å²) in [5.41, 5.74) is 0.745. The van der Waals surface area contributed by atoms with E-state index < -0.39 is 23.9 Å². The summed E-state index contributed by atoms with van der Waals surface area (Å²) in [6.45, 7) is 0. The molecule has 128 valence electrons. The Hall–Kier alpha value is -2.34. The number of hydrogen-bond acceptors (Lipinski definition) is 6. The molecule has 1 saturated carbocycles. The zero-order valence-electron chi connectivity index (χ0n) is 13.8. The van der Waals surface area contributed by atoms with E-state index in [1.54, 1.807) is 25.3 Å². The van der Waals surface area contributed by atoms with Crippen molar-refractivity contribution in [3.8, 4) is 11.5 Å². The first-order valence-electron chi connectivity index (χ1n) is 7.75. The molecule has 1 aromatic carbocycles. The molecule has 0 aliphatic heterocycles. The summed E-state index contributed by atoms with van der Waals surface area (Å²) in [6, 6.07) is 5.29. The smallest absolute Gasteiger partial charge is 0.169 e. The molecule has 4 atom stereocenters. The van der Waals surface area contributed by atoms with Crippen molar-refractivity contribution in [2.45, 2.75) is 18.4 Å². The molecule has 0 saturated heterocycles. The summed E-state index contributed by atoms with van der Waals surface area (Å²) in [5, 5.41) is 10.6. The number of hydrogen-bond donors (Lipinski definition) is 1. The van der Waals surface area contributed by atoms with Crippen LogP contribution < -0.4 is 9.47 Å². The van der Waals surface area contributed by atoms with Crippen molar-refractivity contribution in [3.63, 3.8) is 0 Å².